The van der Waals surface area contributed by atoms with Crippen molar-refractivity contribution in [2.75, 3.05) is 19.9 Å². The topological polar surface area (TPSA) is 52.6 Å². The SMILES string of the molecule is CCCCCCCCOC(=O)c1cccc(P(=O)(CC)OC)c1. The van der Waals surface area contributed by atoms with Crippen LogP contribution in [-0.4, -0.2) is 25.8 Å². The van der Waals surface area contributed by atoms with Crippen molar-refractivity contribution < 1.29 is 18.6 Å². The molecule has 0 aliphatic rings. The zero-order chi connectivity index (χ0) is 17.1. The molecule has 23 heavy (non-hydrogen) atoms. The van der Waals surface area contributed by atoms with E-state index in [1.807, 2.05) is 6.92 Å². The van der Waals surface area contributed by atoms with Crippen LogP contribution in [0.15, 0.2) is 24.3 Å². The summed E-state index contributed by atoms with van der Waals surface area (Å²) < 4.78 is 23.0. The van der Waals surface area contributed by atoms with Crippen LogP contribution in [0.3, 0.4) is 0 Å². The van der Waals surface area contributed by atoms with Crippen molar-refractivity contribution in [2.45, 2.75) is 52.4 Å². The second-order valence-electron chi connectivity index (χ2n) is 5.63. The quantitative estimate of drug-likeness (QED) is 0.331. The Balaban J connectivity index is 2.49. The molecule has 0 spiro atoms. The highest BCUT2D eigenvalue weighted by atomic mass is 31.2. The van der Waals surface area contributed by atoms with Crippen LogP contribution in [0.5, 0.6) is 0 Å². The van der Waals surface area contributed by atoms with E-state index in [0.29, 0.717) is 23.6 Å². The predicted octanol–water partition coefficient (Wildman–Crippen LogP) is 4.77. The Labute approximate surface area is 140 Å². The number of esters is 1. The van der Waals surface area contributed by atoms with Crippen LogP contribution in [0.1, 0.15) is 62.7 Å². The fourth-order valence-corrected chi connectivity index (χ4v) is 3.88. The first kappa shape index (κ1) is 19.9. The van der Waals surface area contributed by atoms with E-state index in [2.05, 4.69) is 6.92 Å². The standard InChI is InChI=1S/C18H29O4P/c1-4-6-7-8-9-10-14-22-18(19)16-12-11-13-17(15-16)23(20,5-2)21-3/h11-13,15H,4-10,14H2,1-3H3. The fourth-order valence-electron chi connectivity index (χ4n) is 2.39. The van der Waals surface area contributed by atoms with Gasteiger partial charge in [-0.2, -0.15) is 0 Å². The Bertz CT molecular complexity index is 520. The van der Waals surface area contributed by atoms with Gasteiger partial charge in [0.15, 0.2) is 0 Å². The minimum absolute atomic E-state index is 0.362. The molecule has 0 aliphatic carbocycles. The van der Waals surface area contributed by atoms with Crippen molar-refractivity contribution in [2.24, 2.45) is 0 Å². The summed E-state index contributed by atoms with van der Waals surface area (Å²) in [5.41, 5.74) is 0.430. The number of rotatable bonds is 11. The molecule has 1 aromatic rings. The lowest BCUT2D eigenvalue weighted by Crippen LogP contribution is -2.13. The average molecular weight is 340 g/mol. The Morgan fingerprint density at radius 2 is 1.78 bits per heavy atom. The van der Waals surface area contributed by atoms with Gasteiger partial charge < -0.3 is 9.26 Å². The van der Waals surface area contributed by atoms with Crippen molar-refractivity contribution in [3.05, 3.63) is 29.8 Å². The minimum Gasteiger partial charge on any atom is -0.462 e. The number of ether oxygens (including phenoxy) is 1. The lowest BCUT2D eigenvalue weighted by atomic mass is 10.1. The van der Waals surface area contributed by atoms with Crippen molar-refractivity contribution in [3.63, 3.8) is 0 Å². The molecule has 0 heterocycles. The average Bonchev–Trinajstić information content (AvgIpc) is 2.60. The molecule has 0 radical (unpaired) electrons. The van der Waals surface area contributed by atoms with E-state index in [1.165, 1.54) is 32.8 Å². The van der Waals surface area contributed by atoms with Crippen LogP contribution in [0.4, 0.5) is 0 Å². The van der Waals surface area contributed by atoms with Gasteiger partial charge in [0.05, 0.1) is 12.2 Å². The van der Waals surface area contributed by atoms with Crippen LogP contribution in [-0.2, 0) is 13.8 Å². The van der Waals surface area contributed by atoms with Crippen LogP contribution >= 0.6 is 7.37 Å². The molecule has 0 aromatic heterocycles. The van der Waals surface area contributed by atoms with Gasteiger partial charge >= 0.3 is 5.97 Å². The molecular weight excluding hydrogens is 311 g/mol. The molecule has 1 atom stereocenters. The Morgan fingerprint density at radius 1 is 1.09 bits per heavy atom. The number of unbranched alkanes of at least 4 members (excludes halogenated alkanes) is 5. The maximum absolute atomic E-state index is 12.5. The second kappa shape index (κ2) is 10.6. The summed E-state index contributed by atoms with van der Waals surface area (Å²) in [5.74, 6) is -0.362. The summed E-state index contributed by atoms with van der Waals surface area (Å²) >= 11 is 0. The molecule has 5 heteroatoms. The van der Waals surface area contributed by atoms with E-state index < -0.39 is 7.37 Å². The van der Waals surface area contributed by atoms with Crippen LogP contribution < -0.4 is 5.30 Å². The van der Waals surface area contributed by atoms with E-state index in [-0.39, 0.29) is 5.97 Å². The van der Waals surface area contributed by atoms with Crippen molar-refractivity contribution in [3.8, 4) is 0 Å². The third-order valence-corrected chi connectivity index (χ3v) is 6.40. The highest BCUT2D eigenvalue weighted by Crippen LogP contribution is 2.44. The van der Waals surface area contributed by atoms with E-state index >= 15 is 0 Å². The zero-order valence-corrected chi connectivity index (χ0v) is 15.4. The van der Waals surface area contributed by atoms with Crippen molar-refractivity contribution in [1.82, 2.24) is 0 Å². The molecule has 130 valence electrons. The number of hydrogen-bond donors (Lipinski definition) is 0. The minimum atomic E-state index is -2.86. The zero-order valence-electron chi connectivity index (χ0n) is 14.5. The van der Waals surface area contributed by atoms with Crippen LogP contribution in [0.25, 0.3) is 0 Å². The molecule has 0 N–H and O–H groups in total. The van der Waals surface area contributed by atoms with Crippen LogP contribution in [0, 0.1) is 0 Å². The lowest BCUT2D eigenvalue weighted by molar-refractivity contribution is 0.0498. The first-order chi connectivity index (χ1) is 11.1. The van der Waals surface area contributed by atoms with Gasteiger partial charge in [0.2, 0.25) is 7.37 Å². The van der Waals surface area contributed by atoms with E-state index in [1.54, 1.807) is 24.3 Å². The third kappa shape index (κ3) is 6.48. The van der Waals surface area contributed by atoms with Gasteiger partial charge in [0.1, 0.15) is 0 Å². The smallest absolute Gasteiger partial charge is 0.338 e. The maximum atomic E-state index is 12.5. The molecule has 0 bridgehead atoms. The molecule has 1 rings (SSSR count). The highest BCUT2D eigenvalue weighted by Gasteiger charge is 2.23. The summed E-state index contributed by atoms with van der Waals surface area (Å²) in [6, 6.07) is 6.76. The fraction of sp³-hybridized carbons (Fsp3) is 0.611. The van der Waals surface area contributed by atoms with Crippen molar-refractivity contribution >= 4 is 18.6 Å². The van der Waals surface area contributed by atoms with Gasteiger partial charge in [-0.1, -0.05) is 52.0 Å². The normalized spacial score (nSPS) is 13.5. The molecule has 1 unspecified atom stereocenters. The van der Waals surface area contributed by atoms with E-state index in [0.717, 1.165) is 12.8 Å². The van der Waals surface area contributed by atoms with E-state index in [9.17, 15) is 9.36 Å². The first-order valence-corrected chi connectivity index (χ1v) is 10.3. The second-order valence-corrected chi connectivity index (χ2v) is 8.49. The van der Waals surface area contributed by atoms with Crippen LogP contribution in [0.2, 0.25) is 0 Å². The van der Waals surface area contributed by atoms with Gasteiger partial charge in [-0.25, -0.2) is 4.79 Å². The van der Waals surface area contributed by atoms with Gasteiger partial charge in [0.25, 0.3) is 0 Å². The summed E-state index contributed by atoms with van der Waals surface area (Å²) in [7, 11) is -1.42. The first-order valence-electron chi connectivity index (χ1n) is 8.50. The molecule has 0 saturated heterocycles. The predicted molar refractivity (Wildman–Crippen MR) is 94.9 cm³/mol. The Kier molecular flexibility index (Phi) is 9.20. The maximum Gasteiger partial charge on any atom is 0.338 e. The number of carbonyl (C=O) groups excluding carboxylic acids is 1. The molecule has 0 amide bonds. The highest BCUT2D eigenvalue weighted by molar-refractivity contribution is 7.66. The lowest BCUT2D eigenvalue weighted by Gasteiger charge is -2.15. The molecule has 0 saturated carbocycles. The van der Waals surface area contributed by atoms with Gasteiger partial charge in [-0.15, -0.1) is 0 Å². The van der Waals surface area contributed by atoms with Crippen molar-refractivity contribution in [1.29, 1.82) is 0 Å². The monoisotopic (exact) mass is 340 g/mol. The number of benzene rings is 1. The Morgan fingerprint density at radius 3 is 2.43 bits per heavy atom. The largest absolute Gasteiger partial charge is 0.462 e. The molecule has 0 aliphatic heterocycles. The van der Waals surface area contributed by atoms with Gasteiger partial charge in [0, 0.05) is 18.6 Å². The number of hydrogen-bond acceptors (Lipinski definition) is 4. The van der Waals surface area contributed by atoms with E-state index in [4.69, 9.17) is 9.26 Å². The molecular formula is C18H29O4P. The third-order valence-electron chi connectivity index (χ3n) is 3.92. The summed E-state index contributed by atoms with van der Waals surface area (Å²) in [5, 5.41) is 0.566. The van der Waals surface area contributed by atoms with Gasteiger partial charge in [-0.3, -0.25) is 4.57 Å². The summed E-state index contributed by atoms with van der Waals surface area (Å²) in [6.45, 7) is 4.44. The molecule has 1 aromatic carbocycles. The molecule has 0 fully saturated rings. The molecule has 4 nitrogen and oxygen atoms in total. The Hall–Kier alpha value is -1.12. The number of carbonyl (C=O) groups is 1. The van der Waals surface area contributed by atoms with Gasteiger partial charge in [-0.05, 0) is 24.6 Å². The summed E-state index contributed by atoms with van der Waals surface area (Å²) in [6.07, 6.45) is 7.31. The summed E-state index contributed by atoms with van der Waals surface area (Å²) in [4.78, 5) is 12.1.